The average molecular weight is 201 g/mol. The number of carbonyl (C=O) groups is 1. The summed E-state index contributed by atoms with van der Waals surface area (Å²) in [5.74, 6) is 0. The highest BCUT2D eigenvalue weighted by atomic mass is 31.2. The van der Waals surface area contributed by atoms with Crippen LogP contribution in [0.1, 0.15) is 0 Å². The van der Waals surface area contributed by atoms with Crippen molar-refractivity contribution in [3.05, 3.63) is 30.3 Å². The van der Waals surface area contributed by atoms with Gasteiger partial charge in [-0.15, -0.1) is 0 Å². The summed E-state index contributed by atoms with van der Waals surface area (Å²) in [6.07, 6.45) is -1.27. The fourth-order valence-corrected chi connectivity index (χ4v) is 1.69. The second-order valence-corrected chi connectivity index (χ2v) is 4.01. The monoisotopic (exact) mass is 201 g/mol. The van der Waals surface area contributed by atoms with Gasteiger partial charge in [-0.3, -0.25) is 0 Å². The number of nitrogens with two attached hydrogens (primary N) is 1. The van der Waals surface area contributed by atoms with Crippen LogP contribution in [0.5, 0.6) is 0 Å². The Morgan fingerprint density at radius 3 is 2.38 bits per heavy atom. The molecule has 1 amide bonds. The van der Waals surface area contributed by atoms with Crippen molar-refractivity contribution < 1.29 is 18.8 Å². The zero-order valence-corrected chi connectivity index (χ0v) is 7.48. The number of benzene rings is 1. The van der Waals surface area contributed by atoms with E-state index < -0.39 is 13.7 Å². The summed E-state index contributed by atoms with van der Waals surface area (Å²) in [7, 11) is -4.08. The molecule has 0 radical (unpaired) electrons. The second-order valence-electron chi connectivity index (χ2n) is 2.27. The number of rotatable bonds is 2. The van der Waals surface area contributed by atoms with Gasteiger partial charge in [-0.05, 0) is 12.1 Å². The summed E-state index contributed by atoms with van der Waals surface area (Å²) < 4.78 is 15.3. The standard InChI is InChI=1S/C7H8NO4P/c8-7(9)12-13(10,11)6-4-2-1-3-5-6/h1-5H,(H2,8,9)(H,10,11). The maximum Gasteiger partial charge on any atom is 0.411 e. The van der Waals surface area contributed by atoms with Crippen LogP contribution in [-0.2, 0) is 9.09 Å². The van der Waals surface area contributed by atoms with Gasteiger partial charge in [-0.1, -0.05) is 18.2 Å². The van der Waals surface area contributed by atoms with Crippen LogP contribution in [0.4, 0.5) is 4.79 Å². The number of hydrogen-bond donors (Lipinski definition) is 2. The molecule has 1 aromatic rings. The molecule has 0 aliphatic carbocycles. The lowest BCUT2D eigenvalue weighted by atomic mass is 10.4. The van der Waals surface area contributed by atoms with E-state index in [2.05, 4.69) is 10.3 Å². The molecule has 5 nitrogen and oxygen atoms in total. The summed E-state index contributed by atoms with van der Waals surface area (Å²) in [4.78, 5) is 19.4. The zero-order chi connectivity index (χ0) is 9.90. The normalized spacial score (nSPS) is 14.5. The van der Waals surface area contributed by atoms with E-state index in [9.17, 15) is 14.3 Å². The van der Waals surface area contributed by atoms with E-state index in [1.165, 1.54) is 12.1 Å². The fourth-order valence-electron chi connectivity index (χ4n) is 0.791. The summed E-state index contributed by atoms with van der Waals surface area (Å²) >= 11 is 0. The molecule has 6 heteroatoms. The molecule has 0 aromatic heterocycles. The molecule has 0 saturated carbocycles. The molecular weight excluding hydrogens is 193 g/mol. The first kappa shape index (κ1) is 9.77. The number of primary amides is 1. The molecule has 0 fully saturated rings. The van der Waals surface area contributed by atoms with Gasteiger partial charge < -0.3 is 15.2 Å². The van der Waals surface area contributed by atoms with Crippen molar-refractivity contribution in [3.8, 4) is 0 Å². The van der Waals surface area contributed by atoms with Gasteiger partial charge in [0.15, 0.2) is 0 Å². The highest BCUT2D eigenvalue weighted by molar-refractivity contribution is 7.61. The molecule has 70 valence electrons. The summed E-state index contributed by atoms with van der Waals surface area (Å²) in [5.41, 5.74) is 4.62. The van der Waals surface area contributed by atoms with E-state index in [-0.39, 0.29) is 5.30 Å². The zero-order valence-electron chi connectivity index (χ0n) is 6.58. The maximum absolute atomic E-state index is 11.3. The van der Waals surface area contributed by atoms with Crippen LogP contribution in [-0.4, -0.2) is 11.0 Å². The molecule has 3 N–H and O–H groups in total. The summed E-state index contributed by atoms with van der Waals surface area (Å²) in [6.45, 7) is 0. The molecule has 0 heterocycles. The van der Waals surface area contributed by atoms with Crippen LogP contribution >= 0.6 is 7.60 Å². The van der Waals surface area contributed by atoms with Crippen molar-refractivity contribution in [2.24, 2.45) is 5.73 Å². The van der Waals surface area contributed by atoms with Gasteiger partial charge >= 0.3 is 13.7 Å². The first-order valence-electron chi connectivity index (χ1n) is 3.40. The van der Waals surface area contributed by atoms with E-state index in [0.717, 1.165) is 0 Å². The van der Waals surface area contributed by atoms with Gasteiger partial charge in [0.25, 0.3) is 0 Å². The van der Waals surface area contributed by atoms with E-state index >= 15 is 0 Å². The molecular formula is C7H8NO4P. The van der Waals surface area contributed by atoms with E-state index in [1.807, 2.05) is 0 Å². The number of carbonyl (C=O) groups excluding carboxylic acids is 1. The maximum atomic E-state index is 11.3. The van der Waals surface area contributed by atoms with Gasteiger partial charge in [-0.2, -0.15) is 0 Å². The largest absolute Gasteiger partial charge is 0.411 e. The van der Waals surface area contributed by atoms with Crippen molar-refractivity contribution in [2.75, 3.05) is 0 Å². The minimum absolute atomic E-state index is 0.0359. The lowest BCUT2D eigenvalue weighted by Crippen LogP contribution is -2.16. The molecule has 0 saturated heterocycles. The van der Waals surface area contributed by atoms with E-state index in [4.69, 9.17) is 0 Å². The van der Waals surface area contributed by atoms with Crippen LogP contribution < -0.4 is 11.0 Å². The van der Waals surface area contributed by atoms with Crippen LogP contribution in [0.25, 0.3) is 0 Å². The molecule has 1 unspecified atom stereocenters. The molecule has 1 rings (SSSR count). The Hall–Kier alpha value is -1.32. The van der Waals surface area contributed by atoms with Gasteiger partial charge in [0.05, 0.1) is 5.30 Å². The highest BCUT2D eigenvalue weighted by Gasteiger charge is 2.25. The van der Waals surface area contributed by atoms with Crippen molar-refractivity contribution in [1.82, 2.24) is 0 Å². The van der Waals surface area contributed by atoms with Crippen LogP contribution in [0.2, 0.25) is 0 Å². The Balaban J connectivity index is 2.95. The molecule has 0 aliphatic rings. The van der Waals surface area contributed by atoms with E-state index in [0.29, 0.717) is 0 Å². The Labute approximate surface area is 74.7 Å². The number of amides is 1. The topological polar surface area (TPSA) is 89.6 Å². The first-order valence-corrected chi connectivity index (χ1v) is 4.97. The molecule has 13 heavy (non-hydrogen) atoms. The molecule has 0 bridgehead atoms. The molecule has 0 spiro atoms. The Bertz CT molecular complexity index is 351. The van der Waals surface area contributed by atoms with Gasteiger partial charge in [0.1, 0.15) is 0 Å². The smallest absolute Gasteiger partial charge is 0.372 e. The van der Waals surface area contributed by atoms with Crippen molar-refractivity contribution >= 4 is 19.0 Å². The molecule has 1 aromatic carbocycles. The Morgan fingerprint density at radius 1 is 1.38 bits per heavy atom. The average Bonchev–Trinajstić information content (AvgIpc) is 2.04. The third-order valence-electron chi connectivity index (χ3n) is 1.30. The number of hydrogen-bond acceptors (Lipinski definition) is 3. The van der Waals surface area contributed by atoms with Crippen molar-refractivity contribution in [2.45, 2.75) is 0 Å². The summed E-state index contributed by atoms with van der Waals surface area (Å²) in [5, 5.41) is 0.0359. The van der Waals surface area contributed by atoms with Crippen molar-refractivity contribution in [3.63, 3.8) is 0 Å². The van der Waals surface area contributed by atoms with Crippen LogP contribution in [0, 0.1) is 0 Å². The van der Waals surface area contributed by atoms with Crippen molar-refractivity contribution in [1.29, 1.82) is 0 Å². The third-order valence-corrected chi connectivity index (χ3v) is 2.67. The highest BCUT2D eigenvalue weighted by Crippen LogP contribution is 2.39. The first-order chi connectivity index (χ1) is 6.02. The minimum Gasteiger partial charge on any atom is -0.372 e. The summed E-state index contributed by atoms with van der Waals surface area (Å²) in [6, 6.07) is 7.55. The Morgan fingerprint density at radius 2 is 1.92 bits per heavy atom. The van der Waals surface area contributed by atoms with Gasteiger partial charge in [0, 0.05) is 0 Å². The second kappa shape index (κ2) is 3.60. The molecule has 0 aliphatic heterocycles. The SMILES string of the molecule is NC(=O)OP(=O)(O)c1ccccc1. The van der Waals surface area contributed by atoms with E-state index in [1.54, 1.807) is 18.2 Å². The quantitative estimate of drug-likeness (QED) is 0.685. The predicted octanol–water partition coefficient (Wildman–Crippen LogP) is 0.593. The van der Waals surface area contributed by atoms with Gasteiger partial charge in [0.2, 0.25) is 0 Å². The lowest BCUT2D eigenvalue weighted by Gasteiger charge is -2.09. The predicted molar refractivity (Wildman–Crippen MR) is 46.6 cm³/mol. The third kappa shape index (κ3) is 2.57. The lowest BCUT2D eigenvalue weighted by molar-refractivity contribution is 0.205. The van der Waals surface area contributed by atoms with Crippen LogP contribution in [0.15, 0.2) is 30.3 Å². The van der Waals surface area contributed by atoms with Crippen LogP contribution in [0.3, 0.4) is 0 Å². The Kier molecular flexibility index (Phi) is 2.70. The fraction of sp³-hybridized carbons (Fsp3) is 0. The minimum atomic E-state index is -4.08. The molecule has 1 atom stereocenters. The van der Waals surface area contributed by atoms with Gasteiger partial charge in [-0.25, -0.2) is 9.36 Å².